The van der Waals surface area contributed by atoms with E-state index in [9.17, 15) is 0 Å². The van der Waals surface area contributed by atoms with Crippen molar-refractivity contribution >= 4 is 37.7 Å². The highest BCUT2D eigenvalue weighted by atomic mass is 32.1. The molecule has 6 rings (SSSR count). The van der Waals surface area contributed by atoms with Gasteiger partial charge in [0, 0.05) is 37.1 Å². The van der Waals surface area contributed by atoms with Crippen LogP contribution in [-0.2, 0) is 0 Å². The quantitative estimate of drug-likeness (QED) is 0.281. The zero-order chi connectivity index (χ0) is 26.9. The van der Waals surface area contributed by atoms with Crippen LogP contribution in [0.1, 0.15) is 12.5 Å². The zero-order valence-corrected chi connectivity index (χ0v) is 23.4. The Hall–Kier alpha value is -3.95. The Morgan fingerprint density at radius 3 is 2.31 bits per heavy atom. The molecule has 0 unspecified atom stereocenters. The third-order valence-corrected chi connectivity index (χ3v) is 8.08. The first kappa shape index (κ1) is 25.3. The number of fused-ring (bicyclic) bond motifs is 3. The van der Waals surface area contributed by atoms with E-state index in [-0.39, 0.29) is 0 Å². The van der Waals surface area contributed by atoms with E-state index in [0.717, 1.165) is 80.5 Å². The van der Waals surface area contributed by atoms with Gasteiger partial charge in [0.05, 0.1) is 26.5 Å². The predicted octanol–water partition coefficient (Wildman–Crippen LogP) is 5.71. The fraction of sp³-hybridized carbons (Fsp3) is 0.300. The monoisotopic (exact) mass is 541 g/mol. The molecule has 0 saturated carbocycles. The summed E-state index contributed by atoms with van der Waals surface area (Å²) in [5.41, 5.74) is 6.19. The van der Waals surface area contributed by atoms with Gasteiger partial charge in [-0.05, 0) is 48.7 Å². The number of thiophene rings is 1. The van der Waals surface area contributed by atoms with E-state index in [2.05, 4.69) is 47.5 Å². The molecule has 5 aromatic rings. The van der Waals surface area contributed by atoms with Crippen LogP contribution in [-0.4, -0.2) is 62.0 Å². The molecule has 2 aromatic carbocycles. The van der Waals surface area contributed by atoms with Crippen LogP contribution in [0, 0.1) is 6.92 Å². The molecule has 1 saturated heterocycles. The topological polar surface area (TPSA) is 81.6 Å². The first-order valence-electron chi connectivity index (χ1n) is 13.1. The molecule has 0 radical (unpaired) electrons. The molecule has 200 valence electrons. The Labute approximate surface area is 231 Å². The number of hydrogen-bond acceptors (Lipinski definition) is 9. The average Bonchev–Trinajstić information content (AvgIpc) is 3.37. The van der Waals surface area contributed by atoms with Crippen molar-refractivity contribution in [2.75, 3.05) is 51.9 Å². The van der Waals surface area contributed by atoms with E-state index < -0.39 is 0 Å². The summed E-state index contributed by atoms with van der Waals surface area (Å²) >= 11 is 1.60. The smallest absolute Gasteiger partial charge is 0.236 e. The van der Waals surface area contributed by atoms with Crippen molar-refractivity contribution in [3.05, 3.63) is 54.1 Å². The Morgan fingerprint density at radius 2 is 1.59 bits per heavy atom. The van der Waals surface area contributed by atoms with Crippen molar-refractivity contribution in [2.45, 2.75) is 13.8 Å². The lowest BCUT2D eigenvalue weighted by Crippen LogP contribution is -2.44. The summed E-state index contributed by atoms with van der Waals surface area (Å²) in [7, 11) is 3.29. The SMILES string of the molecule is CCOc1nc(N2CCNCC2)nc2c1sc1nc(-c3ccc(-c4ccc(OC)c(OC)c4)cc3)cc(C)c12. The number of piperazine rings is 1. The van der Waals surface area contributed by atoms with Gasteiger partial charge in [0.1, 0.15) is 15.0 Å². The number of rotatable bonds is 7. The lowest BCUT2D eigenvalue weighted by molar-refractivity contribution is 0.331. The molecule has 1 N–H and O–H groups in total. The van der Waals surface area contributed by atoms with E-state index in [1.54, 1.807) is 25.6 Å². The maximum atomic E-state index is 5.99. The molecule has 39 heavy (non-hydrogen) atoms. The minimum absolute atomic E-state index is 0.547. The lowest BCUT2D eigenvalue weighted by Gasteiger charge is -2.27. The molecular weight excluding hydrogens is 510 g/mol. The first-order chi connectivity index (χ1) is 19.1. The number of anilines is 1. The molecule has 1 aliphatic rings. The Kier molecular flexibility index (Phi) is 6.93. The molecule has 4 heterocycles. The minimum atomic E-state index is 0.547. The molecule has 0 amide bonds. The maximum Gasteiger partial charge on any atom is 0.236 e. The highest BCUT2D eigenvalue weighted by molar-refractivity contribution is 7.25. The number of benzene rings is 2. The van der Waals surface area contributed by atoms with Crippen molar-refractivity contribution in [1.29, 1.82) is 0 Å². The molecule has 0 aliphatic carbocycles. The van der Waals surface area contributed by atoms with Crippen LogP contribution in [0.2, 0.25) is 0 Å². The van der Waals surface area contributed by atoms with Crippen LogP contribution < -0.4 is 24.4 Å². The highest BCUT2D eigenvalue weighted by Crippen LogP contribution is 2.41. The van der Waals surface area contributed by atoms with Crippen LogP contribution in [0.25, 0.3) is 42.8 Å². The van der Waals surface area contributed by atoms with Crippen LogP contribution in [0.3, 0.4) is 0 Å². The summed E-state index contributed by atoms with van der Waals surface area (Å²) in [6.07, 6.45) is 0. The number of aryl methyl sites for hydroxylation is 1. The van der Waals surface area contributed by atoms with E-state index in [0.29, 0.717) is 24.0 Å². The summed E-state index contributed by atoms with van der Waals surface area (Å²) in [6.45, 7) is 8.25. The van der Waals surface area contributed by atoms with Crippen molar-refractivity contribution in [1.82, 2.24) is 20.3 Å². The number of nitrogens with one attached hydrogen (secondary N) is 1. The number of methoxy groups -OCH3 is 2. The van der Waals surface area contributed by atoms with Crippen LogP contribution in [0.15, 0.2) is 48.5 Å². The fourth-order valence-electron chi connectivity index (χ4n) is 5.02. The molecule has 1 fully saturated rings. The zero-order valence-electron chi connectivity index (χ0n) is 22.6. The molecule has 9 heteroatoms. The third kappa shape index (κ3) is 4.72. The van der Waals surface area contributed by atoms with Crippen LogP contribution in [0.5, 0.6) is 17.4 Å². The van der Waals surface area contributed by atoms with Gasteiger partial charge >= 0.3 is 0 Å². The molecule has 3 aromatic heterocycles. The molecule has 8 nitrogen and oxygen atoms in total. The fourth-order valence-corrected chi connectivity index (χ4v) is 6.15. The summed E-state index contributed by atoms with van der Waals surface area (Å²) in [6, 6.07) is 16.5. The normalized spacial score (nSPS) is 13.7. The van der Waals surface area contributed by atoms with Gasteiger partial charge in [-0.15, -0.1) is 11.3 Å². The van der Waals surface area contributed by atoms with Gasteiger partial charge in [-0.25, -0.2) is 9.97 Å². The molecular formula is C30H31N5O3S. The van der Waals surface area contributed by atoms with Crippen molar-refractivity contribution in [2.24, 2.45) is 0 Å². The minimum Gasteiger partial charge on any atom is -0.493 e. The summed E-state index contributed by atoms with van der Waals surface area (Å²) < 4.78 is 17.8. The lowest BCUT2D eigenvalue weighted by atomic mass is 10.0. The molecule has 0 bridgehead atoms. The maximum absolute atomic E-state index is 5.99. The van der Waals surface area contributed by atoms with E-state index in [1.165, 1.54) is 0 Å². The van der Waals surface area contributed by atoms with Crippen molar-refractivity contribution in [3.63, 3.8) is 0 Å². The van der Waals surface area contributed by atoms with Gasteiger partial charge in [-0.3, -0.25) is 0 Å². The van der Waals surface area contributed by atoms with Gasteiger partial charge in [0.15, 0.2) is 11.5 Å². The van der Waals surface area contributed by atoms with Gasteiger partial charge in [0.25, 0.3) is 0 Å². The predicted molar refractivity (Wildman–Crippen MR) is 158 cm³/mol. The van der Waals surface area contributed by atoms with Gasteiger partial charge in [-0.2, -0.15) is 4.98 Å². The average molecular weight is 542 g/mol. The number of nitrogens with zero attached hydrogens (tertiary/aromatic N) is 4. The summed E-state index contributed by atoms with van der Waals surface area (Å²) in [5.74, 6) is 2.79. The number of ether oxygens (including phenoxy) is 3. The van der Waals surface area contributed by atoms with E-state index in [4.69, 9.17) is 29.2 Å². The molecule has 0 atom stereocenters. The Balaban J connectivity index is 1.39. The second-order valence-corrected chi connectivity index (χ2v) is 10.4. The van der Waals surface area contributed by atoms with Gasteiger partial charge in [0.2, 0.25) is 11.8 Å². The van der Waals surface area contributed by atoms with Crippen molar-refractivity contribution < 1.29 is 14.2 Å². The third-order valence-electron chi connectivity index (χ3n) is 7.02. The highest BCUT2D eigenvalue weighted by Gasteiger charge is 2.22. The Morgan fingerprint density at radius 1 is 0.872 bits per heavy atom. The molecule has 0 spiro atoms. The van der Waals surface area contributed by atoms with Crippen LogP contribution >= 0.6 is 11.3 Å². The number of pyridine rings is 1. The number of aromatic nitrogens is 3. The standard InChI is InChI=1S/C30H31N5O3S/c1-5-38-28-27-26(33-30(34-28)35-14-12-31-13-15-35)25-18(2)16-22(32-29(25)39-27)20-8-6-19(7-9-20)21-10-11-23(36-3)24(17-21)37-4/h6-11,16-17,31H,5,12-15H2,1-4H3. The Bertz CT molecular complexity index is 1650. The van der Waals surface area contributed by atoms with E-state index in [1.807, 2.05) is 25.1 Å². The van der Waals surface area contributed by atoms with Gasteiger partial charge in [-0.1, -0.05) is 30.3 Å². The summed E-state index contributed by atoms with van der Waals surface area (Å²) in [4.78, 5) is 18.1. The molecule has 1 aliphatic heterocycles. The second kappa shape index (κ2) is 10.7. The second-order valence-electron chi connectivity index (χ2n) is 9.43. The number of hydrogen-bond donors (Lipinski definition) is 1. The largest absolute Gasteiger partial charge is 0.493 e. The van der Waals surface area contributed by atoms with E-state index >= 15 is 0 Å². The van der Waals surface area contributed by atoms with Crippen LogP contribution in [0.4, 0.5) is 5.95 Å². The van der Waals surface area contributed by atoms with Crippen molar-refractivity contribution in [3.8, 4) is 39.8 Å². The summed E-state index contributed by atoms with van der Waals surface area (Å²) in [5, 5.41) is 4.46. The van der Waals surface area contributed by atoms with Gasteiger partial charge < -0.3 is 24.4 Å². The first-order valence-corrected chi connectivity index (χ1v) is 13.9.